The Morgan fingerprint density at radius 1 is 1.00 bits per heavy atom. The number of aromatic amines is 1. The highest BCUT2D eigenvalue weighted by molar-refractivity contribution is 5.76. The number of methoxy groups -OCH3 is 1. The second-order valence-electron chi connectivity index (χ2n) is 10.0. The van der Waals surface area contributed by atoms with Crippen LogP contribution < -0.4 is 4.74 Å². The third kappa shape index (κ3) is 6.88. The molecular weight excluding hydrogens is 493 g/mol. The fourth-order valence-corrected chi connectivity index (χ4v) is 5.16. The van der Waals surface area contributed by atoms with Gasteiger partial charge in [0.2, 0.25) is 5.91 Å². The molecule has 0 unspecified atom stereocenters. The van der Waals surface area contributed by atoms with E-state index >= 15 is 0 Å². The van der Waals surface area contributed by atoms with Crippen LogP contribution in [0.3, 0.4) is 0 Å². The first-order chi connectivity index (χ1) is 19.1. The third-order valence-electron chi connectivity index (χ3n) is 7.44. The van der Waals surface area contributed by atoms with Crippen LogP contribution in [0.2, 0.25) is 0 Å². The number of ether oxygens (including phenoxy) is 1. The number of imidazole rings is 1. The van der Waals surface area contributed by atoms with Crippen molar-refractivity contribution in [2.24, 2.45) is 5.92 Å². The highest BCUT2D eigenvalue weighted by atomic mass is 19.1. The van der Waals surface area contributed by atoms with Crippen molar-refractivity contribution < 1.29 is 13.9 Å². The number of carbonyl (C=O) groups excluding carboxylic acids is 1. The fourth-order valence-electron chi connectivity index (χ4n) is 5.16. The monoisotopic (exact) mass is 527 g/mol. The van der Waals surface area contributed by atoms with Gasteiger partial charge in [0.1, 0.15) is 23.2 Å². The van der Waals surface area contributed by atoms with Crippen LogP contribution in [0.1, 0.15) is 43.6 Å². The van der Waals surface area contributed by atoms with Gasteiger partial charge in [-0.3, -0.25) is 4.79 Å². The van der Waals surface area contributed by atoms with Crippen molar-refractivity contribution in [1.82, 2.24) is 24.8 Å². The lowest BCUT2D eigenvalue weighted by molar-refractivity contribution is -0.132. The third-order valence-corrected chi connectivity index (χ3v) is 7.44. The predicted molar refractivity (Wildman–Crippen MR) is 149 cm³/mol. The van der Waals surface area contributed by atoms with Gasteiger partial charge in [0, 0.05) is 55.1 Å². The van der Waals surface area contributed by atoms with Crippen molar-refractivity contribution in [3.63, 3.8) is 0 Å². The van der Waals surface area contributed by atoms with E-state index in [0.29, 0.717) is 24.6 Å². The first kappa shape index (κ1) is 26.5. The standard InChI is InChI=1S/C31H34FN5O2/c1-39-26-13-9-23(10-14-26)30-27(35-31(36-30)24-7-11-25(32)12-8-24)4-2-5-29(38)37-20-16-22(17-21-37)6-15-28-33-18-3-19-34-28/h3,7-14,18-19,22H,2,4-6,15-17,20-21H2,1H3,(H,35,36). The summed E-state index contributed by atoms with van der Waals surface area (Å²) in [6.07, 6.45) is 9.50. The van der Waals surface area contributed by atoms with Gasteiger partial charge < -0.3 is 14.6 Å². The molecular formula is C31H34FN5O2. The number of piperidine rings is 1. The number of hydrogen-bond donors (Lipinski definition) is 1. The summed E-state index contributed by atoms with van der Waals surface area (Å²) in [6.45, 7) is 1.63. The van der Waals surface area contributed by atoms with Crippen LogP contribution in [0, 0.1) is 11.7 Å². The maximum Gasteiger partial charge on any atom is 0.222 e. The number of rotatable bonds is 10. The molecule has 39 heavy (non-hydrogen) atoms. The minimum Gasteiger partial charge on any atom is -0.497 e. The molecule has 8 heteroatoms. The molecule has 0 radical (unpaired) electrons. The maximum absolute atomic E-state index is 13.5. The second-order valence-corrected chi connectivity index (χ2v) is 10.0. The van der Waals surface area contributed by atoms with Crippen molar-refractivity contribution in [2.45, 2.75) is 44.9 Å². The van der Waals surface area contributed by atoms with Crippen LogP contribution in [0.5, 0.6) is 5.75 Å². The molecule has 1 aliphatic rings. The number of carbonyl (C=O) groups is 1. The normalized spacial score (nSPS) is 13.9. The van der Waals surface area contributed by atoms with E-state index in [1.54, 1.807) is 31.6 Å². The quantitative estimate of drug-likeness (QED) is 0.279. The number of likely N-dealkylation sites (tertiary alicyclic amines) is 1. The zero-order valence-electron chi connectivity index (χ0n) is 22.3. The predicted octanol–water partition coefficient (Wildman–Crippen LogP) is 5.88. The number of nitrogens with zero attached hydrogens (tertiary/aromatic N) is 4. The van der Waals surface area contributed by atoms with Crippen LogP contribution in [0.15, 0.2) is 67.0 Å². The van der Waals surface area contributed by atoms with Crippen molar-refractivity contribution in [3.8, 4) is 28.4 Å². The van der Waals surface area contributed by atoms with E-state index in [1.807, 2.05) is 35.2 Å². The minimum atomic E-state index is -0.284. The Labute approximate surface area is 228 Å². The summed E-state index contributed by atoms with van der Waals surface area (Å²) in [6, 6.07) is 15.9. The second kappa shape index (κ2) is 12.7. The molecule has 7 nitrogen and oxygen atoms in total. The number of amides is 1. The molecule has 0 atom stereocenters. The molecule has 0 saturated carbocycles. The molecule has 0 spiro atoms. The van der Waals surface area contributed by atoms with Gasteiger partial charge in [-0.15, -0.1) is 0 Å². The Bertz CT molecular complexity index is 1350. The number of aromatic nitrogens is 4. The fraction of sp³-hybridized carbons (Fsp3) is 0.355. The lowest BCUT2D eigenvalue weighted by Gasteiger charge is -2.32. The molecule has 1 N–H and O–H groups in total. The van der Waals surface area contributed by atoms with Crippen LogP contribution >= 0.6 is 0 Å². The maximum atomic E-state index is 13.5. The Balaban J connectivity index is 1.18. The van der Waals surface area contributed by atoms with E-state index in [1.165, 1.54) is 12.1 Å². The zero-order valence-corrected chi connectivity index (χ0v) is 22.3. The van der Waals surface area contributed by atoms with Crippen LogP contribution in [-0.2, 0) is 17.6 Å². The van der Waals surface area contributed by atoms with Gasteiger partial charge in [0.15, 0.2) is 0 Å². The number of hydrogen-bond acceptors (Lipinski definition) is 5. The van der Waals surface area contributed by atoms with Crippen LogP contribution in [-0.4, -0.2) is 50.9 Å². The van der Waals surface area contributed by atoms with Crippen LogP contribution in [0.25, 0.3) is 22.6 Å². The summed E-state index contributed by atoms with van der Waals surface area (Å²) in [5.41, 5.74) is 3.58. The number of benzene rings is 2. The molecule has 2 aromatic carbocycles. The highest BCUT2D eigenvalue weighted by Gasteiger charge is 2.23. The largest absolute Gasteiger partial charge is 0.497 e. The van der Waals surface area contributed by atoms with E-state index in [2.05, 4.69) is 15.0 Å². The summed E-state index contributed by atoms with van der Waals surface area (Å²) in [4.78, 5) is 31.9. The number of H-pyrrole nitrogens is 1. The smallest absolute Gasteiger partial charge is 0.222 e. The molecule has 202 valence electrons. The Hall–Kier alpha value is -4.07. The van der Waals surface area contributed by atoms with Gasteiger partial charge in [-0.1, -0.05) is 0 Å². The molecule has 3 heterocycles. The van der Waals surface area contributed by atoms with Crippen molar-refractivity contribution in [2.75, 3.05) is 20.2 Å². The summed E-state index contributed by atoms with van der Waals surface area (Å²) < 4.78 is 18.8. The van der Waals surface area contributed by atoms with E-state index in [0.717, 1.165) is 79.3 Å². The Morgan fingerprint density at radius 3 is 2.38 bits per heavy atom. The molecule has 0 bridgehead atoms. The first-order valence-electron chi connectivity index (χ1n) is 13.6. The van der Waals surface area contributed by atoms with Gasteiger partial charge in [0.05, 0.1) is 12.8 Å². The van der Waals surface area contributed by atoms with E-state index in [4.69, 9.17) is 9.72 Å². The molecule has 1 saturated heterocycles. The Kier molecular flexibility index (Phi) is 8.61. The van der Waals surface area contributed by atoms with Crippen molar-refractivity contribution >= 4 is 5.91 Å². The number of nitrogens with one attached hydrogen (secondary N) is 1. The number of aryl methyl sites for hydroxylation is 2. The molecule has 5 rings (SSSR count). The molecule has 4 aromatic rings. The highest BCUT2D eigenvalue weighted by Crippen LogP contribution is 2.29. The van der Waals surface area contributed by atoms with Crippen molar-refractivity contribution in [3.05, 3.63) is 84.3 Å². The summed E-state index contributed by atoms with van der Waals surface area (Å²) in [5, 5.41) is 0. The van der Waals surface area contributed by atoms with Gasteiger partial charge in [-0.05, 0) is 92.6 Å². The summed E-state index contributed by atoms with van der Waals surface area (Å²) in [7, 11) is 1.64. The average Bonchev–Trinajstić information content (AvgIpc) is 3.41. The average molecular weight is 528 g/mol. The minimum absolute atomic E-state index is 0.212. The molecule has 2 aromatic heterocycles. The van der Waals surface area contributed by atoms with E-state index in [-0.39, 0.29) is 11.7 Å². The number of halogens is 1. The van der Waals surface area contributed by atoms with E-state index in [9.17, 15) is 9.18 Å². The first-order valence-corrected chi connectivity index (χ1v) is 13.6. The van der Waals surface area contributed by atoms with E-state index < -0.39 is 0 Å². The molecule has 1 fully saturated rings. The van der Waals surface area contributed by atoms with Gasteiger partial charge in [-0.2, -0.15) is 0 Å². The summed E-state index contributed by atoms with van der Waals surface area (Å²) in [5.74, 6) is 2.89. The van der Waals surface area contributed by atoms with Gasteiger partial charge in [0.25, 0.3) is 0 Å². The van der Waals surface area contributed by atoms with Crippen molar-refractivity contribution in [1.29, 1.82) is 0 Å². The van der Waals surface area contributed by atoms with Gasteiger partial charge in [-0.25, -0.2) is 19.3 Å². The zero-order chi connectivity index (χ0) is 27.0. The van der Waals surface area contributed by atoms with Gasteiger partial charge >= 0.3 is 0 Å². The Morgan fingerprint density at radius 2 is 1.69 bits per heavy atom. The molecule has 1 aliphatic heterocycles. The molecule has 0 aliphatic carbocycles. The SMILES string of the molecule is COc1ccc(-c2nc(-c3ccc(F)cc3)[nH]c2CCCC(=O)N2CCC(CCc3ncccn3)CC2)cc1. The lowest BCUT2D eigenvalue weighted by Crippen LogP contribution is -2.38. The molecule has 1 amide bonds. The topological polar surface area (TPSA) is 84.0 Å². The lowest BCUT2D eigenvalue weighted by atomic mass is 9.92. The van der Waals surface area contributed by atoms with Crippen LogP contribution in [0.4, 0.5) is 4.39 Å². The summed E-state index contributed by atoms with van der Waals surface area (Å²) >= 11 is 0.